The van der Waals surface area contributed by atoms with Crippen LogP contribution in [0.25, 0.3) is 0 Å². The number of carbonyl (C=O) groups is 1. The Kier molecular flexibility index (Phi) is 5.31. The predicted octanol–water partition coefficient (Wildman–Crippen LogP) is 3.54. The first-order valence-corrected chi connectivity index (χ1v) is 7.73. The Bertz CT molecular complexity index is 670. The van der Waals surface area contributed by atoms with Gasteiger partial charge in [-0.15, -0.1) is 0 Å². The molecule has 0 aliphatic carbocycles. The third-order valence-electron chi connectivity index (χ3n) is 2.93. The highest BCUT2D eigenvalue weighted by Crippen LogP contribution is 2.18. The topological polar surface area (TPSA) is 53.4 Å². The molecule has 0 bridgehead atoms. The van der Waals surface area contributed by atoms with Crippen LogP contribution >= 0.6 is 11.6 Å². The SMILES string of the molecule is Cn1nc(COc2cccc(CC(=O)OC(C)(C)C)c2)cc1Cl. The number of nitrogens with zero attached hydrogens (tertiary/aromatic N) is 2. The average molecular weight is 337 g/mol. The summed E-state index contributed by atoms with van der Waals surface area (Å²) in [5.41, 5.74) is 1.11. The molecule has 23 heavy (non-hydrogen) atoms. The van der Waals surface area contributed by atoms with Gasteiger partial charge in [-0.05, 0) is 38.5 Å². The maximum Gasteiger partial charge on any atom is 0.310 e. The summed E-state index contributed by atoms with van der Waals surface area (Å²) in [5.74, 6) is 0.416. The molecule has 0 fully saturated rings. The Labute approximate surface area is 141 Å². The number of aryl methyl sites for hydroxylation is 1. The van der Waals surface area contributed by atoms with Crippen LogP contribution in [0, 0.1) is 0 Å². The number of carbonyl (C=O) groups excluding carboxylic acids is 1. The number of hydrogen-bond donors (Lipinski definition) is 0. The van der Waals surface area contributed by atoms with Crippen molar-refractivity contribution in [3.63, 3.8) is 0 Å². The first kappa shape index (κ1) is 17.3. The first-order valence-electron chi connectivity index (χ1n) is 7.35. The lowest BCUT2D eigenvalue weighted by Gasteiger charge is -2.19. The number of aromatic nitrogens is 2. The molecular formula is C17H21ClN2O3. The van der Waals surface area contributed by atoms with Crippen molar-refractivity contribution in [3.8, 4) is 5.75 Å². The van der Waals surface area contributed by atoms with Gasteiger partial charge in [-0.3, -0.25) is 9.48 Å². The molecule has 0 atom stereocenters. The molecule has 6 heteroatoms. The van der Waals surface area contributed by atoms with E-state index in [1.165, 1.54) is 0 Å². The zero-order chi connectivity index (χ0) is 17.0. The number of halogens is 1. The Hall–Kier alpha value is -2.01. The summed E-state index contributed by atoms with van der Waals surface area (Å²) in [6.07, 6.45) is 0.212. The highest BCUT2D eigenvalue weighted by molar-refractivity contribution is 6.29. The molecule has 0 aliphatic heterocycles. The molecule has 1 heterocycles. The Morgan fingerprint density at radius 1 is 1.30 bits per heavy atom. The first-order chi connectivity index (χ1) is 10.7. The Morgan fingerprint density at radius 3 is 2.65 bits per heavy atom. The van der Waals surface area contributed by atoms with Gasteiger partial charge in [-0.25, -0.2) is 0 Å². The number of ether oxygens (including phenoxy) is 2. The van der Waals surface area contributed by atoms with Crippen molar-refractivity contribution in [1.29, 1.82) is 0 Å². The van der Waals surface area contributed by atoms with Crippen LogP contribution in [-0.2, 0) is 29.6 Å². The third kappa shape index (κ3) is 5.60. The summed E-state index contributed by atoms with van der Waals surface area (Å²) < 4.78 is 12.6. The van der Waals surface area contributed by atoms with Gasteiger partial charge in [0.1, 0.15) is 28.8 Å². The summed E-state index contributed by atoms with van der Waals surface area (Å²) in [4.78, 5) is 11.9. The van der Waals surface area contributed by atoms with Crippen LogP contribution in [0.3, 0.4) is 0 Å². The van der Waals surface area contributed by atoms with E-state index in [-0.39, 0.29) is 12.4 Å². The molecule has 0 saturated heterocycles. The van der Waals surface area contributed by atoms with E-state index in [2.05, 4.69) is 5.10 Å². The van der Waals surface area contributed by atoms with Crippen LogP contribution in [-0.4, -0.2) is 21.4 Å². The van der Waals surface area contributed by atoms with Crippen molar-refractivity contribution in [1.82, 2.24) is 9.78 Å². The zero-order valence-electron chi connectivity index (χ0n) is 13.8. The van der Waals surface area contributed by atoms with Gasteiger partial charge in [0.25, 0.3) is 0 Å². The molecule has 2 rings (SSSR count). The van der Waals surface area contributed by atoms with Gasteiger partial charge in [0.05, 0.1) is 6.42 Å². The Balaban J connectivity index is 1.95. The van der Waals surface area contributed by atoms with Gasteiger partial charge >= 0.3 is 5.97 Å². The maximum absolute atomic E-state index is 11.9. The van der Waals surface area contributed by atoms with Gasteiger partial charge in [0.15, 0.2) is 0 Å². The van der Waals surface area contributed by atoms with E-state index < -0.39 is 5.60 Å². The van der Waals surface area contributed by atoms with Crippen molar-refractivity contribution in [2.24, 2.45) is 7.05 Å². The van der Waals surface area contributed by atoms with Crippen LogP contribution in [0.2, 0.25) is 5.15 Å². The minimum absolute atomic E-state index is 0.212. The molecule has 124 valence electrons. The number of esters is 1. The maximum atomic E-state index is 11.9. The minimum atomic E-state index is -0.483. The summed E-state index contributed by atoms with van der Waals surface area (Å²) in [6.45, 7) is 5.86. The van der Waals surface area contributed by atoms with Gasteiger partial charge < -0.3 is 9.47 Å². The molecule has 0 N–H and O–H groups in total. The minimum Gasteiger partial charge on any atom is -0.487 e. The van der Waals surface area contributed by atoms with Gasteiger partial charge in [-0.2, -0.15) is 5.10 Å². The molecule has 0 spiro atoms. The van der Waals surface area contributed by atoms with Gasteiger partial charge in [0.2, 0.25) is 0 Å². The number of rotatable bonds is 5. The second-order valence-corrected chi connectivity index (χ2v) is 6.67. The molecule has 2 aromatic rings. The van der Waals surface area contributed by atoms with E-state index >= 15 is 0 Å². The van der Waals surface area contributed by atoms with Crippen LogP contribution in [0.4, 0.5) is 0 Å². The lowest BCUT2D eigenvalue weighted by Crippen LogP contribution is -2.24. The summed E-state index contributed by atoms with van der Waals surface area (Å²) in [7, 11) is 1.77. The highest BCUT2D eigenvalue weighted by atomic mass is 35.5. The van der Waals surface area contributed by atoms with Gasteiger partial charge in [-0.1, -0.05) is 23.7 Å². The van der Waals surface area contributed by atoms with Crippen molar-refractivity contribution >= 4 is 17.6 Å². The molecule has 0 radical (unpaired) electrons. The quantitative estimate of drug-likeness (QED) is 0.784. The average Bonchev–Trinajstić information content (AvgIpc) is 2.74. The van der Waals surface area contributed by atoms with E-state index in [1.54, 1.807) is 17.8 Å². The normalized spacial score (nSPS) is 11.3. The third-order valence-corrected chi connectivity index (χ3v) is 3.28. The summed E-state index contributed by atoms with van der Waals surface area (Å²) in [6, 6.07) is 9.14. The molecular weight excluding hydrogens is 316 g/mol. The van der Waals surface area contributed by atoms with E-state index in [0.29, 0.717) is 17.5 Å². The molecule has 0 saturated carbocycles. The molecule has 0 unspecified atom stereocenters. The summed E-state index contributed by atoms with van der Waals surface area (Å²) >= 11 is 5.94. The fourth-order valence-corrected chi connectivity index (χ4v) is 2.18. The fourth-order valence-electron chi connectivity index (χ4n) is 2.02. The molecule has 5 nitrogen and oxygen atoms in total. The standard InChI is InChI=1S/C17H21ClN2O3/c1-17(2,3)23-16(21)9-12-6-5-7-14(8-12)22-11-13-10-15(18)20(4)19-13/h5-8,10H,9,11H2,1-4H3. The van der Waals surface area contributed by atoms with Crippen LogP contribution < -0.4 is 4.74 Å². The van der Waals surface area contributed by atoms with E-state index in [4.69, 9.17) is 21.1 Å². The molecule has 0 amide bonds. The van der Waals surface area contributed by atoms with Crippen molar-refractivity contribution in [2.75, 3.05) is 0 Å². The van der Waals surface area contributed by atoms with Crippen LogP contribution in [0.15, 0.2) is 30.3 Å². The van der Waals surface area contributed by atoms with Crippen molar-refractivity contribution < 1.29 is 14.3 Å². The lowest BCUT2D eigenvalue weighted by atomic mass is 10.1. The van der Waals surface area contributed by atoms with E-state index in [1.807, 2.05) is 45.0 Å². The Morgan fingerprint density at radius 2 is 2.04 bits per heavy atom. The molecule has 1 aromatic heterocycles. The monoisotopic (exact) mass is 336 g/mol. The van der Waals surface area contributed by atoms with E-state index in [0.717, 1.165) is 11.3 Å². The highest BCUT2D eigenvalue weighted by Gasteiger charge is 2.16. The smallest absolute Gasteiger partial charge is 0.310 e. The van der Waals surface area contributed by atoms with Gasteiger partial charge in [0, 0.05) is 13.1 Å². The lowest BCUT2D eigenvalue weighted by molar-refractivity contribution is -0.153. The predicted molar refractivity (Wildman–Crippen MR) is 88.5 cm³/mol. The molecule has 1 aromatic carbocycles. The van der Waals surface area contributed by atoms with Crippen LogP contribution in [0.1, 0.15) is 32.0 Å². The fraction of sp³-hybridized carbons (Fsp3) is 0.412. The number of hydrogen-bond acceptors (Lipinski definition) is 4. The van der Waals surface area contributed by atoms with Crippen molar-refractivity contribution in [3.05, 3.63) is 46.7 Å². The molecule has 0 aliphatic rings. The summed E-state index contributed by atoms with van der Waals surface area (Å²) in [5, 5.41) is 4.78. The van der Waals surface area contributed by atoms with E-state index in [9.17, 15) is 4.79 Å². The second kappa shape index (κ2) is 7.04. The zero-order valence-corrected chi connectivity index (χ0v) is 14.6. The van der Waals surface area contributed by atoms with Crippen LogP contribution in [0.5, 0.6) is 5.75 Å². The largest absolute Gasteiger partial charge is 0.487 e. The second-order valence-electron chi connectivity index (χ2n) is 6.28. The number of benzene rings is 1. The van der Waals surface area contributed by atoms with Crippen molar-refractivity contribution in [2.45, 2.75) is 39.4 Å².